The molecule has 26 heavy (non-hydrogen) atoms. The van der Waals surface area contributed by atoms with Crippen LogP contribution in [0.5, 0.6) is 11.5 Å². The highest BCUT2D eigenvalue weighted by Gasteiger charge is 2.43. The lowest BCUT2D eigenvalue weighted by molar-refractivity contribution is -0.301. The van der Waals surface area contributed by atoms with E-state index >= 15 is 0 Å². The normalized spacial score (nSPS) is 28.8. The zero-order chi connectivity index (χ0) is 19.1. The average molecular weight is 372 g/mol. The summed E-state index contributed by atoms with van der Waals surface area (Å²) >= 11 is 0. The summed E-state index contributed by atoms with van der Waals surface area (Å²) < 4.78 is 21.2. The van der Waals surface area contributed by atoms with Crippen LogP contribution in [0.15, 0.2) is 18.2 Å². The summed E-state index contributed by atoms with van der Waals surface area (Å²) in [5.74, 6) is 1.37. The fourth-order valence-electron chi connectivity index (χ4n) is 2.87. The molecule has 2 rings (SSSR count). The maximum Gasteiger partial charge on any atom is 0.186 e. The van der Waals surface area contributed by atoms with Crippen LogP contribution in [-0.4, -0.2) is 78.6 Å². The van der Waals surface area contributed by atoms with Crippen molar-refractivity contribution in [1.29, 1.82) is 0 Å². The molecule has 4 N–H and O–H groups in total. The van der Waals surface area contributed by atoms with Gasteiger partial charge in [-0.05, 0) is 37.0 Å². The van der Waals surface area contributed by atoms with Crippen molar-refractivity contribution in [3.63, 3.8) is 0 Å². The highest BCUT2D eigenvalue weighted by molar-refractivity contribution is 5.42. The van der Waals surface area contributed by atoms with Crippen LogP contribution in [0.2, 0.25) is 0 Å². The molecule has 1 aromatic rings. The third-order valence-corrected chi connectivity index (χ3v) is 4.44. The minimum atomic E-state index is -1.42. The van der Waals surface area contributed by atoms with Crippen molar-refractivity contribution in [2.24, 2.45) is 0 Å². The number of ether oxygens (including phenoxy) is 4. The van der Waals surface area contributed by atoms with E-state index in [1.54, 1.807) is 14.2 Å². The average Bonchev–Trinajstić information content (AvgIpc) is 2.67. The number of aryl methyl sites for hydroxylation is 1. The number of hydrogen-bond acceptors (Lipinski definition) is 8. The topological polar surface area (TPSA) is 118 Å². The van der Waals surface area contributed by atoms with Gasteiger partial charge in [0.2, 0.25) is 0 Å². The monoisotopic (exact) mass is 372 g/mol. The smallest absolute Gasteiger partial charge is 0.186 e. The minimum Gasteiger partial charge on any atom is -0.493 e. The summed E-state index contributed by atoms with van der Waals surface area (Å²) in [5.41, 5.74) is 1.11. The molecular weight excluding hydrogens is 344 g/mol. The van der Waals surface area contributed by atoms with E-state index in [1.165, 1.54) is 0 Å². The number of unbranched alkanes of at least 4 members (excludes halogenated alkanes) is 1. The molecule has 8 heteroatoms. The predicted octanol–water partition coefficient (Wildman–Crippen LogP) is -0.157. The third kappa shape index (κ3) is 5.06. The number of benzene rings is 1. The molecule has 1 aromatic carbocycles. The van der Waals surface area contributed by atoms with E-state index in [4.69, 9.17) is 24.1 Å². The maximum atomic E-state index is 9.90. The fourth-order valence-corrected chi connectivity index (χ4v) is 2.87. The van der Waals surface area contributed by atoms with Gasteiger partial charge in [0.25, 0.3) is 0 Å². The van der Waals surface area contributed by atoms with Gasteiger partial charge in [-0.3, -0.25) is 0 Å². The Balaban J connectivity index is 1.75. The molecule has 0 aliphatic carbocycles. The first-order valence-corrected chi connectivity index (χ1v) is 8.64. The van der Waals surface area contributed by atoms with Gasteiger partial charge in [-0.2, -0.15) is 0 Å². The van der Waals surface area contributed by atoms with Gasteiger partial charge in [-0.15, -0.1) is 0 Å². The molecule has 5 atom stereocenters. The molecule has 1 aliphatic heterocycles. The standard InChI is InChI=1S/C18H28O8/c1-23-12-7-6-11(9-13(12)24-2)5-3-4-8-25-18-17(22)16(21)15(20)14(10-19)26-18/h6-7,9,14-22H,3-5,8,10H2,1-2H3. The number of methoxy groups -OCH3 is 2. The van der Waals surface area contributed by atoms with E-state index in [0.29, 0.717) is 24.5 Å². The molecule has 0 bridgehead atoms. The Morgan fingerprint density at radius 3 is 2.35 bits per heavy atom. The highest BCUT2D eigenvalue weighted by atomic mass is 16.7. The first-order valence-electron chi connectivity index (χ1n) is 8.64. The number of rotatable bonds is 9. The molecule has 0 spiro atoms. The lowest BCUT2D eigenvalue weighted by atomic mass is 9.99. The van der Waals surface area contributed by atoms with Crippen LogP contribution in [0, 0.1) is 0 Å². The van der Waals surface area contributed by atoms with Gasteiger partial charge in [0.1, 0.15) is 24.4 Å². The van der Waals surface area contributed by atoms with Crippen molar-refractivity contribution in [1.82, 2.24) is 0 Å². The molecule has 0 aromatic heterocycles. The molecule has 1 saturated heterocycles. The summed E-state index contributed by atoms with van der Waals surface area (Å²) in [6.07, 6.45) is -3.82. The second-order valence-corrected chi connectivity index (χ2v) is 6.21. The van der Waals surface area contributed by atoms with Gasteiger partial charge in [0, 0.05) is 6.61 Å². The van der Waals surface area contributed by atoms with E-state index in [1.807, 2.05) is 18.2 Å². The molecular formula is C18H28O8. The van der Waals surface area contributed by atoms with Gasteiger partial charge in [0.05, 0.1) is 20.8 Å². The molecule has 0 saturated carbocycles. The van der Waals surface area contributed by atoms with Crippen molar-refractivity contribution in [2.75, 3.05) is 27.4 Å². The van der Waals surface area contributed by atoms with Crippen LogP contribution < -0.4 is 9.47 Å². The zero-order valence-electron chi connectivity index (χ0n) is 15.1. The zero-order valence-corrected chi connectivity index (χ0v) is 15.1. The van der Waals surface area contributed by atoms with Gasteiger partial charge in [-0.1, -0.05) is 6.07 Å². The molecule has 148 valence electrons. The summed E-state index contributed by atoms with van der Waals surface area (Å²) in [5, 5.41) is 38.5. The number of aliphatic hydroxyl groups excluding tert-OH is 4. The van der Waals surface area contributed by atoms with Crippen LogP contribution in [0.1, 0.15) is 18.4 Å². The Bertz CT molecular complexity index is 550. The van der Waals surface area contributed by atoms with E-state index in [9.17, 15) is 15.3 Å². The number of hydrogen-bond donors (Lipinski definition) is 4. The summed E-state index contributed by atoms with van der Waals surface area (Å²) in [6, 6.07) is 5.76. The highest BCUT2D eigenvalue weighted by Crippen LogP contribution is 2.28. The maximum absolute atomic E-state index is 9.90. The quantitative estimate of drug-likeness (QED) is 0.442. The van der Waals surface area contributed by atoms with Crippen molar-refractivity contribution in [3.8, 4) is 11.5 Å². The summed E-state index contributed by atoms with van der Waals surface area (Å²) in [6.45, 7) is -0.153. The van der Waals surface area contributed by atoms with Crippen molar-refractivity contribution < 1.29 is 39.4 Å². The van der Waals surface area contributed by atoms with Gasteiger partial charge < -0.3 is 39.4 Å². The largest absolute Gasteiger partial charge is 0.493 e. The van der Waals surface area contributed by atoms with Crippen LogP contribution in [0.3, 0.4) is 0 Å². The molecule has 0 radical (unpaired) electrons. The molecule has 1 aliphatic rings. The Morgan fingerprint density at radius 1 is 0.962 bits per heavy atom. The van der Waals surface area contributed by atoms with Gasteiger partial charge in [0.15, 0.2) is 17.8 Å². The van der Waals surface area contributed by atoms with Gasteiger partial charge in [-0.25, -0.2) is 0 Å². The Kier molecular flexibility index (Phi) is 8.08. The first-order chi connectivity index (χ1) is 12.5. The Hall–Kier alpha value is -1.42. The summed E-state index contributed by atoms with van der Waals surface area (Å²) in [7, 11) is 3.18. The van der Waals surface area contributed by atoms with Crippen molar-refractivity contribution in [3.05, 3.63) is 23.8 Å². The Morgan fingerprint density at radius 2 is 1.69 bits per heavy atom. The minimum absolute atomic E-state index is 0.315. The van der Waals surface area contributed by atoms with Crippen molar-refractivity contribution >= 4 is 0 Å². The van der Waals surface area contributed by atoms with Crippen LogP contribution in [0.4, 0.5) is 0 Å². The lowest BCUT2D eigenvalue weighted by Crippen LogP contribution is -2.59. The Labute approximate surface area is 152 Å². The molecule has 0 amide bonds. The predicted molar refractivity (Wildman–Crippen MR) is 92.2 cm³/mol. The number of aliphatic hydroxyl groups is 4. The van der Waals surface area contributed by atoms with E-state index in [0.717, 1.165) is 18.4 Å². The first kappa shape index (κ1) is 20.9. The molecule has 5 unspecified atom stereocenters. The van der Waals surface area contributed by atoms with Crippen LogP contribution in [-0.2, 0) is 15.9 Å². The van der Waals surface area contributed by atoms with Crippen LogP contribution in [0.25, 0.3) is 0 Å². The molecule has 8 nitrogen and oxygen atoms in total. The van der Waals surface area contributed by atoms with Crippen LogP contribution >= 0.6 is 0 Å². The molecule has 1 fully saturated rings. The second-order valence-electron chi connectivity index (χ2n) is 6.21. The SMILES string of the molecule is COc1ccc(CCCCOC2OC(CO)C(O)C(O)C2O)cc1OC. The van der Waals surface area contributed by atoms with Gasteiger partial charge >= 0.3 is 0 Å². The lowest BCUT2D eigenvalue weighted by Gasteiger charge is -2.39. The van der Waals surface area contributed by atoms with Crippen molar-refractivity contribution in [2.45, 2.75) is 50.0 Å². The fraction of sp³-hybridized carbons (Fsp3) is 0.667. The van der Waals surface area contributed by atoms with E-state index in [-0.39, 0.29) is 0 Å². The third-order valence-electron chi connectivity index (χ3n) is 4.44. The molecule has 1 heterocycles. The summed E-state index contributed by atoms with van der Waals surface area (Å²) in [4.78, 5) is 0. The van der Waals surface area contributed by atoms with E-state index in [2.05, 4.69) is 0 Å². The second kappa shape index (κ2) is 10.1. The van der Waals surface area contributed by atoms with E-state index < -0.39 is 37.3 Å².